The Bertz CT molecular complexity index is 655. The van der Waals surface area contributed by atoms with Crippen molar-refractivity contribution in [1.82, 2.24) is 4.90 Å². The standard InChI is InChI=1S/C18H17NO3/c20-17(14-8-3-1-4-9-14)16-12-7-13-19(16)18(21)22-15-10-5-2-6-11-15/h1-6,8-11,16H,7,12-13H2. The number of rotatable bonds is 3. The van der Waals surface area contributed by atoms with Crippen LogP contribution in [0.25, 0.3) is 0 Å². The Morgan fingerprint density at radius 1 is 0.955 bits per heavy atom. The number of ether oxygens (including phenoxy) is 1. The molecule has 1 fully saturated rings. The van der Waals surface area contributed by atoms with Gasteiger partial charge in [0.25, 0.3) is 0 Å². The Morgan fingerprint density at radius 3 is 2.27 bits per heavy atom. The molecule has 4 nitrogen and oxygen atoms in total. The fourth-order valence-corrected chi connectivity index (χ4v) is 2.70. The molecule has 1 atom stereocenters. The third-order valence-electron chi connectivity index (χ3n) is 3.80. The van der Waals surface area contributed by atoms with E-state index < -0.39 is 12.1 Å². The van der Waals surface area contributed by atoms with Gasteiger partial charge in [-0.3, -0.25) is 9.69 Å². The first-order chi connectivity index (χ1) is 10.8. The molecule has 0 aromatic heterocycles. The number of hydrogen-bond acceptors (Lipinski definition) is 3. The molecule has 4 heteroatoms. The van der Waals surface area contributed by atoms with Gasteiger partial charge in [-0.25, -0.2) is 4.79 Å². The number of likely N-dealkylation sites (tertiary alicyclic amines) is 1. The third-order valence-corrected chi connectivity index (χ3v) is 3.80. The van der Waals surface area contributed by atoms with Crippen LogP contribution in [0, 0.1) is 0 Å². The molecule has 22 heavy (non-hydrogen) atoms. The van der Waals surface area contributed by atoms with Gasteiger partial charge >= 0.3 is 6.09 Å². The molecule has 0 radical (unpaired) electrons. The molecule has 3 rings (SSSR count). The Kier molecular flexibility index (Phi) is 4.19. The first-order valence-corrected chi connectivity index (χ1v) is 7.38. The van der Waals surface area contributed by atoms with E-state index in [9.17, 15) is 9.59 Å². The van der Waals surface area contributed by atoms with E-state index in [2.05, 4.69) is 0 Å². The van der Waals surface area contributed by atoms with Gasteiger partial charge in [0, 0.05) is 12.1 Å². The minimum absolute atomic E-state index is 0.0249. The highest BCUT2D eigenvalue weighted by Crippen LogP contribution is 2.23. The van der Waals surface area contributed by atoms with Crippen LogP contribution in [0.4, 0.5) is 4.79 Å². The SMILES string of the molecule is O=C(c1ccccc1)C1CCCN1C(=O)Oc1ccccc1. The lowest BCUT2D eigenvalue weighted by Gasteiger charge is -2.22. The number of Topliss-reactive ketones (excluding diaryl/α,β-unsaturated/α-hetero) is 1. The Balaban J connectivity index is 1.73. The normalized spacial score (nSPS) is 17.3. The van der Waals surface area contributed by atoms with Gasteiger partial charge in [-0.1, -0.05) is 48.5 Å². The lowest BCUT2D eigenvalue weighted by molar-refractivity contribution is 0.0854. The van der Waals surface area contributed by atoms with Gasteiger partial charge < -0.3 is 4.74 Å². The highest BCUT2D eigenvalue weighted by molar-refractivity contribution is 6.01. The average Bonchev–Trinajstić information content (AvgIpc) is 3.05. The Hall–Kier alpha value is -2.62. The molecule has 0 N–H and O–H groups in total. The first kappa shape index (κ1) is 14.3. The molecule has 1 unspecified atom stereocenters. The zero-order valence-electron chi connectivity index (χ0n) is 12.1. The number of amides is 1. The number of carbonyl (C=O) groups is 2. The quantitative estimate of drug-likeness (QED) is 0.814. The molecule has 0 saturated carbocycles. The van der Waals surface area contributed by atoms with Crippen LogP contribution >= 0.6 is 0 Å². The molecule has 0 bridgehead atoms. The van der Waals surface area contributed by atoms with Crippen molar-refractivity contribution in [3.63, 3.8) is 0 Å². The summed E-state index contributed by atoms with van der Waals surface area (Å²) in [5.41, 5.74) is 0.631. The lowest BCUT2D eigenvalue weighted by Crippen LogP contribution is -2.42. The molecule has 0 spiro atoms. The van der Waals surface area contributed by atoms with Gasteiger partial charge in [0.1, 0.15) is 5.75 Å². The molecule has 1 aliphatic rings. The molecule has 1 amide bonds. The Labute approximate surface area is 129 Å². The van der Waals surface area contributed by atoms with Crippen LogP contribution in [-0.4, -0.2) is 29.4 Å². The summed E-state index contributed by atoms with van der Waals surface area (Å²) in [4.78, 5) is 26.4. The number of hydrogen-bond donors (Lipinski definition) is 0. The van der Waals surface area contributed by atoms with Gasteiger partial charge in [-0.2, -0.15) is 0 Å². The van der Waals surface area contributed by atoms with Crippen molar-refractivity contribution in [2.24, 2.45) is 0 Å². The maximum absolute atomic E-state index is 12.6. The van der Waals surface area contributed by atoms with E-state index in [1.807, 2.05) is 24.3 Å². The van der Waals surface area contributed by atoms with Gasteiger partial charge in [-0.15, -0.1) is 0 Å². The fraction of sp³-hybridized carbons (Fsp3) is 0.222. The summed E-state index contributed by atoms with van der Waals surface area (Å²) in [6.07, 6.45) is 1.03. The van der Waals surface area contributed by atoms with E-state index in [1.54, 1.807) is 36.4 Å². The van der Waals surface area contributed by atoms with Gasteiger partial charge in [0.15, 0.2) is 5.78 Å². The summed E-state index contributed by atoms with van der Waals surface area (Å²) < 4.78 is 5.35. The number of para-hydroxylation sites is 1. The van der Waals surface area contributed by atoms with Crippen LogP contribution in [0.1, 0.15) is 23.2 Å². The molecular formula is C18H17NO3. The molecule has 112 valence electrons. The van der Waals surface area contributed by atoms with Crippen LogP contribution in [-0.2, 0) is 0 Å². The maximum Gasteiger partial charge on any atom is 0.415 e. The summed E-state index contributed by atoms with van der Waals surface area (Å²) in [5.74, 6) is 0.466. The summed E-state index contributed by atoms with van der Waals surface area (Å²) in [6.45, 7) is 0.551. The van der Waals surface area contributed by atoms with Crippen molar-refractivity contribution in [1.29, 1.82) is 0 Å². The summed E-state index contributed by atoms with van der Waals surface area (Å²) in [5, 5.41) is 0. The van der Waals surface area contributed by atoms with Crippen LogP contribution in [0.15, 0.2) is 60.7 Å². The topological polar surface area (TPSA) is 46.6 Å². The molecule has 2 aromatic carbocycles. The van der Waals surface area contributed by atoms with Crippen molar-refractivity contribution >= 4 is 11.9 Å². The molecular weight excluding hydrogens is 278 g/mol. The van der Waals surface area contributed by atoms with Crippen molar-refractivity contribution in [3.8, 4) is 5.75 Å². The van der Waals surface area contributed by atoms with Crippen LogP contribution in [0.3, 0.4) is 0 Å². The maximum atomic E-state index is 12.6. The van der Waals surface area contributed by atoms with Crippen LogP contribution < -0.4 is 4.74 Å². The Morgan fingerprint density at radius 2 is 1.59 bits per heavy atom. The average molecular weight is 295 g/mol. The van der Waals surface area contributed by atoms with E-state index >= 15 is 0 Å². The number of ketones is 1. The largest absolute Gasteiger partial charge is 0.415 e. The molecule has 1 saturated heterocycles. The van der Waals surface area contributed by atoms with Gasteiger partial charge in [0.05, 0.1) is 6.04 Å². The van der Waals surface area contributed by atoms with Crippen molar-refractivity contribution in [2.75, 3.05) is 6.54 Å². The summed E-state index contributed by atoms with van der Waals surface area (Å²) in [7, 11) is 0. The van der Waals surface area contributed by atoms with Gasteiger partial charge in [0.2, 0.25) is 0 Å². The number of benzene rings is 2. The van der Waals surface area contributed by atoms with E-state index in [0.717, 1.165) is 6.42 Å². The van der Waals surface area contributed by atoms with Crippen molar-refractivity contribution in [2.45, 2.75) is 18.9 Å². The van der Waals surface area contributed by atoms with Crippen LogP contribution in [0.2, 0.25) is 0 Å². The van der Waals surface area contributed by atoms with E-state index in [-0.39, 0.29) is 5.78 Å². The first-order valence-electron chi connectivity index (χ1n) is 7.38. The minimum atomic E-state index is -0.460. The second kappa shape index (κ2) is 6.43. The van der Waals surface area contributed by atoms with E-state index in [4.69, 9.17) is 4.74 Å². The highest BCUT2D eigenvalue weighted by Gasteiger charge is 2.35. The van der Waals surface area contributed by atoms with Crippen molar-refractivity contribution < 1.29 is 14.3 Å². The highest BCUT2D eigenvalue weighted by atomic mass is 16.6. The number of nitrogens with zero attached hydrogens (tertiary/aromatic N) is 1. The van der Waals surface area contributed by atoms with E-state index in [1.165, 1.54) is 4.90 Å². The molecule has 1 aliphatic heterocycles. The molecule has 2 aromatic rings. The second-order valence-corrected chi connectivity index (χ2v) is 5.26. The predicted octanol–water partition coefficient (Wildman–Crippen LogP) is 3.53. The monoisotopic (exact) mass is 295 g/mol. The zero-order valence-corrected chi connectivity index (χ0v) is 12.1. The van der Waals surface area contributed by atoms with E-state index in [0.29, 0.717) is 24.3 Å². The van der Waals surface area contributed by atoms with Gasteiger partial charge in [-0.05, 0) is 25.0 Å². The molecule has 0 aliphatic carbocycles. The van der Waals surface area contributed by atoms with Crippen LogP contribution in [0.5, 0.6) is 5.75 Å². The summed E-state index contributed by atoms with van der Waals surface area (Å²) >= 11 is 0. The third kappa shape index (κ3) is 3.01. The molecule has 1 heterocycles. The second-order valence-electron chi connectivity index (χ2n) is 5.26. The predicted molar refractivity (Wildman–Crippen MR) is 83.0 cm³/mol. The number of carbonyl (C=O) groups excluding carboxylic acids is 2. The fourth-order valence-electron chi connectivity index (χ4n) is 2.70. The lowest BCUT2D eigenvalue weighted by atomic mass is 10.0. The summed E-state index contributed by atoms with van der Waals surface area (Å²) in [6, 6.07) is 17.6. The zero-order chi connectivity index (χ0) is 15.4. The minimum Gasteiger partial charge on any atom is -0.410 e. The van der Waals surface area contributed by atoms with Crippen molar-refractivity contribution in [3.05, 3.63) is 66.2 Å². The smallest absolute Gasteiger partial charge is 0.410 e.